The van der Waals surface area contributed by atoms with Crippen molar-refractivity contribution in [1.82, 2.24) is 0 Å². The van der Waals surface area contributed by atoms with Crippen molar-refractivity contribution in [3.05, 3.63) is 29.8 Å². The van der Waals surface area contributed by atoms with Crippen LogP contribution in [0.15, 0.2) is 24.3 Å². The van der Waals surface area contributed by atoms with Crippen molar-refractivity contribution in [3.8, 4) is 5.75 Å². The Morgan fingerprint density at radius 3 is 2.85 bits per heavy atom. The summed E-state index contributed by atoms with van der Waals surface area (Å²) in [4.78, 5) is 11.8. The van der Waals surface area contributed by atoms with E-state index in [9.17, 15) is 4.79 Å². The predicted octanol–water partition coefficient (Wildman–Crippen LogP) is 2.04. The third-order valence-corrected chi connectivity index (χ3v) is 2.98. The lowest BCUT2D eigenvalue weighted by Crippen LogP contribution is -2.45. The maximum absolute atomic E-state index is 11.8. The minimum absolute atomic E-state index is 0.148. The van der Waals surface area contributed by atoms with E-state index in [1.165, 1.54) is 0 Å². The van der Waals surface area contributed by atoms with Gasteiger partial charge in [0.2, 0.25) is 0 Å². The number of fused-ring (bicyclic) bond motifs is 2. The molecular formula is C11H10O2. The molecule has 66 valence electrons. The van der Waals surface area contributed by atoms with Crippen molar-refractivity contribution in [3.63, 3.8) is 0 Å². The van der Waals surface area contributed by atoms with Gasteiger partial charge in [0.25, 0.3) is 0 Å². The first-order chi connectivity index (χ1) is 6.36. The fraction of sp³-hybridized carbons (Fsp3) is 0.364. The van der Waals surface area contributed by atoms with Gasteiger partial charge in [0.15, 0.2) is 5.78 Å². The second-order valence-electron chi connectivity index (χ2n) is 3.70. The molecule has 0 spiro atoms. The van der Waals surface area contributed by atoms with Crippen molar-refractivity contribution in [2.24, 2.45) is 5.92 Å². The van der Waals surface area contributed by atoms with E-state index in [0.717, 1.165) is 24.2 Å². The second kappa shape index (κ2) is 2.34. The molecule has 1 fully saturated rings. The van der Waals surface area contributed by atoms with Gasteiger partial charge in [-0.05, 0) is 25.0 Å². The largest absolute Gasteiger partial charge is 0.489 e. The van der Waals surface area contributed by atoms with Gasteiger partial charge in [-0.3, -0.25) is 4.79 Å². The normalized spacial score (nSPS) is 29.7. The lowest BCUT2D eigenvalue weighted by atomic mass is 9.75. The minimum Gasteiger partial charge on any atom is -0.489 e. The van der Waals surface area contributed by atoms with Gasteiger partial charge in [-0.1, -0.05) is 12.1 Å². The molecular weight excluding hydrogens is 164 g/mol. The van der Waals surface area contributed by atoms with Crippen LogP contribution in [0.2, 0.25) is 0 Å². The van der Waals surface area contributed by atoms with Crippen LogP contribution in [0.4, 0.5) is 0 Å². The fourth-order valence-electron chi connectivity index (χ4n) is 2.05. The van der Waals surface area contributed by atoms with Crippen LogP contribution in [0.25, 0.3) is 0 Å². The summed E-state index contributed by atoms with van der Waals surface area (Å²) in [6, 6.07) is 7.53. The van der Waals surface area contributed by atoms with Crippen LogP contribution in [0.1, 0.15) is 23.2 Å². The molecule has 1 heterocycles. The molecule has 0 radical (unpaired) electrons. The number of carbonyl (C=O) groups is 1. The Bertz CT molecular complexity index is 370. The number of benzene rings is 1. The molecule has 2 atom stereocenters. The zero-order valence-electron chi connectivity index (χ0n) is 7.19. The molecule has 1 aliphatic carbocycles. The van der Waals surface area contributed by atoms with Crippen LogP contribution in [0, 0.1) is 5.92 Å². The first-order valence-electron chi connectivity index (χ1n) is 4.66. The third kappa shape index (κ3) is 0.857. The van der Waals surface area contributed by atoms with Crippen LogP contribution in [0.5, 0.6) is 5.75 Å². The zero-order chi connectivity index (χ0) is 8.84. The smallest absolute Gasteiger partial charge is 0.173 e. The number of Topliss-reactive ketones (excluding diaryl/α,β-unsaturated/α-hetero) is 1. The van der Waals surface area contributed by atoms with E-state index in [1.807, 2.05) is 24.3 Å². The van der Waals surface area contributed by atoms with Gasteiger partial charge in [0.05, 0.1) is 11.5 Å². The first-order valence-corrected chi connectivity index (χ1v) is 4.66. The summed E-state index contributed by atoms with van der Waals surface area (Å²) in [6.45, 7) is 0. The molecule has 0 aromatic heterocycles. The molecule has 1 aliphatic heterocycles. The summed E-state index contributed by atoms with van der Waals surface area (Å²) >= 11 is 0. The average molecular weight is 174 g/mol. The predicted molar refractivity (Wildman–Crippen MR) is 47.9 cm³/mol. The topological polar surface area (TPSA) is 26.3 Å². The number of carbonyl (C=O) groups excluding carboxylic acids is 1. The highest BCUT2D eigenvalue weighted by molar-refractivity contribution is 6.02. The van der Waals surface area contributed by atoms with Crippen molar-refractivity contribution < 1.29 is 9.53 Å². The van der Waals surface area contributed by atoms with E-state index in [0.29, 0.717) is 0 Å². The standard InChI is InChI=1S/C11H10O2/c12-11-7-3-1-2-4-9(7)13-10-6-5-8(10)11/h1-4,8,10H,5-6H2/t8-,10+/m1/s1. The van der Waals surface area contributed by atoms with Crippen LogP contribution < -0.4 is 4.74 Å². The van der Waals surface area contributed by atoms with Gasteiger partial charge in [-0.15, -0.1) is 0 Å². The number of hydrogen-bond acceptors (Lipinski definition) is 2. The Morgan fingerprint density at radius 1 is 1.23 bits per heavy atom. The van der Waals surface area contributed by atoms with Crippen molar-refractivity contribution in [1.29, 1.82) is 0 Å². The summed E-state index contributed by atoms with van der Waals surface area (Å²) in [5.74, 6) is 1.20. The van der Waals surface area contributed by atoms with E-state index in [2.05, 4.69) is 0 Å². The Labute approximate surface area is 76.5 Å². The van der Waals surface area contributed by atoms with Crippen LogP contribution in [-0.4, -0.2) is 11.9 Å². The van der Waals surface area contributed by atoms with Gasteiger partial charge in [-0.25, -0.2) is 0 Å². The maximum atomic E-state index is 11.8. The first kappa shape index (κ1) is 7.13. The number of ether oxygens (including phenoxy) is 1. The highest BCUT2D eigenvalue weighted by Gasteiger charge is 2.43. The average Bonchev–Trinajstić information content (AvgIpc) is 2.11. The molecule has 13 heavy (non-hydrogen) atoms. The number of ketones is 1. The monoisotopic (exact) mass is 174 g/mol. The quantitative estimate of drug-likeness (QED) is 0.601. The zero-order valence-corrected chi connectivity index (χ0v) is 7.19. The van der Waals surface area contributed by atoms with Gasteiger partial charge in [0, 0.05) is 0 Å². The number of para-hydroxylation sites is 1. The molecule has 0 saturated heterocycles. The second-order valence-corrected chi connectivity index (χ2v) is 3.70. The molecule has 0 bridgehead atoms. The molecule has 0 amide bonds. The van der Waals surface area contributed by atoms with E-state index in [1.54, 1.807) is 0 Å². The fourth-order valence-corrected chi connectivity index (χ4v) is 2.05. The third-order valence-electron chi connectivity index (χ3n) is 2.98. The molecule has 3 rings (SSSR count). The summed E-state index contributed by atoms with van der Waals surface area (Å²) in [5, 5.41) is 0. The number of rotatable bonds is 0. The van der Waals surface area contributed by atoms with Crippen molar-refractivity contribution in [2.75, 3.05) is 0 Å². The lowest BCUT2D eigenvalue weighted by molar-refractivity contribution is 0.0279. The molecule has 0 N–H and O–H groups in total. The lowest BCUT2D eigenvalue weighted by Gasteiger charge is -2.39. The van der Waals surface area contributed by atoms with Crippen molar-refractivity contribution in [2.45, 2.75) is 18.9 Å². The van der Waals surface area contributed by atoms with E-state index >= 15 is 0 Å². The van der Waals surface area contributed by atoms with Gasteiger partial charge >= 0.3 is 0 Å². The Balaban J connectivity index is 2.11. The maximum Gasteiger partial charge on any atom is 0.173 e. The van der Waals surface area contributed by atoms with Crippen LogP contribution >= 0.6 is 0 Å². The van der Waals surface area contributed by atoms with Gasteiger partial charge in [0.1, 0.15) is 11.9 Å². The van der Waals surface area contributed by atoms with E-state index in [4.69, 9.17) is 4.74 Å². The van der Waals surface area contributed by atoms with Crippen LogP contribution in [-0.2, 0) is 0 Å². The highest BCUT2D eigenvalue weighted by atomic mass is 16.5. The molecule has 1 aromatic rings. The Hall–Kier alpha value is -1.31. The van der Waals surface area contributed by atoms with E-state index < -0.39 is 0 Å². The summed E-state index contributed by atoms with van der Waals surface area (Å²) in [7, 11) is 0. The molecule has 2 aliphatic rings. The molecule has 2 heteroatoms. The highest BCUT2D eigenvalue weighted by Crippen LogP contribution is 2.40. The SMILES string of the molecule is O=C1c2ccccc2O[C@H]2CC[C@@H]12. The van der Waals surface area contributed by atoms with Gasteiger partial charge < -0.3 is 4.74 Å². The molecule has 1 aromatic carbocycles. The van der Waals surface area contributed by atoms with Gasteiger partial charge in [-0.2, -0.15) is 0 Å². The molecule has 0 unspecified atom stereocenters. The summed E-state index contributed by atoms with van der Waals surface area (Å²) < 4.78 is 5.68. The summed E-state index contributed by atoms with van der Waals surface area (Å²) in [6.07, 6.45) is 2.20. The number of hydrogen-bond donors (Lipinski definition) is 0. The minimum atomic E-state index is 0.148. The Morgan fingerprint density at radius 2 is 2.08 bits per heavy atom. The molecule has 1 saturated carbocycles. The Kier molecular flexibility index (Phi) is 1.29. The van der Waals surface area contributed by atoms with Crippen molar-refractivity contribution >= 4 is 5.78 Å². The van der Waals surface area contributed by atoms with Crippen LogP contribution in [0.3, 0.4) is 0 Å². The summed E-state index contributed by atoms with van der Waals surface area (Å²) in [5.41, 5.74) is 0.767. The molecule has 2 nitrogen and oxygen atoms in total. The van der Waals surface area contributed by atoms with E-state index in [-0.39, 0.29) is 17.8 Å².